The van der Waals surface area contributed by atoms with Gasteiger partial charge in [0.1, 0.15) is 0 Å². The average molecular weight is 447 g/mol. The fourth-order valence-corrected chi connectivity index (χ4v) is 3.13. The summed E-state index contributed by atoms with van der Waals surface area (Å²) in [6.45, 7) is 0. The maximum Gasteiger partial charge on any atom is 0.339 e. The molecule has 1 aliphatic rings. The zero-order valence-corrected chi connectivity index (χ0v) is 17.3. The van der Waals surface area contributed by atoms with Gasteiger partial charge in [-0.25, -0.2) is 14.5 Å². The molecular formula is C23H17N3O7. The number of imide groups is 1. The van der Waals surface area contributed by atoms with Crippen LogP contribution in [0.25, 0.3) is 0 Å². The summed E-state index contributed by atoms with van der Waals surface area (Å²) in [5.41, 5.74) is 0.321. The Hall–Kier alpha value is -4.60. The molecule has 0 unspecified atom stereocenters. The molecule has 10 nitrogen and oxygen atoms in total. The second-order valence-corrected chi connectivity index (χ2v) is 6.83. The lowest BCUT2D eigenvalue weighted by molar-refractivity contribution is -0.130. The predicted molar refractivity (Wildman–Crippen MR) is 112 cm³/mol. The van der Waals surface area contributed by atoms with Gasteiger partial charge in [0, 0.05) is 6.07 Å². The molecule has 0 radical (unpaired) electrons. The highest BCUT2D eigenvalue weighted by Crippen LogP contribution is 2.27. The van der Waals surface area contributed by atoms with E-state index in [-0.39, 0.29) is 22.8 Å². The van der Waals surface area contributed by atoms with E-state index in [9.17, 15) is 19.2 Å². The summed E-state index contributed by atoms with van der Waals surface area (Å²) in [5.74, 6) is -3.53. The Kier molecular flexibility index (Phi) is 6.07. The number of amides is 2. The van der Waals surface area contributed by atoms with Gasteiger partial charge in [-0.2, -0.15) is 0 Å². The van der Waals surface area contributed by atoms with Crippen LogP contribution < -0.4 is 9.64 Å². The first-order valence-electron chi connectivity index (χ1n) is 9.77. The highest BCUT2D eigenvalue weighted by Gasteiger charge is 2.54. The van der Waals surface area contributed by atoms with Gasteiger partial charge in [0.25, 0.3) is 11.8 Å². The third-order valence-electron chi connectivity index (χ3n) is 4.75. The van der Waals surface area contributed by atoms with Crippen molar-refractivity contribution in [3.8, 4) is 5.88 Å². The van der Waals surface area contributed by atoms with E-state index in [4.69, 9.17) is 14.2 Å². The molecule has 0 bridgehead atoms. The Morgan fingerprint density at radius 3 is 1.61 bits per heavy atom. The monoisotopic (exact) mass is 447 g/mol. The maximum atomic E-state index is 13.1. The molecule has 1 saturated heterocycles. The normalized spacial score (nSPS) is 17.5. The SMILES string of the molecule is COc1ccc(N2C(=O)[C@@H](OC(=O)c3ccccc3)[C@@H](OC(=O)c3ccccc3)C2=O)nn1. The number of esters is 2. The summed E-state index contributed by atoms with van der Waals surface area (Å²) in [6.07, 6.45) is -3.41. The van der Waals surface area contributed by atoms with Crippen molar-refractivity contribution in [1.82, 2.24) is 10.2 Å². The molecular weight excluding hydrogens is 430 g/mol. The molecule has 0 spiro atoms. The fraction of sp³-hybridized carbons (Fsp3) is 0.130. The first kappa shape index (κ1) is 21.6. The summed E-state index contributed by atoms with van der Waals surface area (Å²) < 4.78 is 15.6. The van der Waals surface area contributed by atoms with E-state index in [0.717, 1.165) is 0 Å². The first-order chi connectivity index (χ1) is 16.0. The lowest BCUT2D eigenvalue weighted by atomic mass is 10.2. The zero-order chi connectivity index (χ0) is 23.4. The minimum Gasteiger partial charge on any atom is -0.480 e. The van der Waals surface area contributed by atoms with E-state index in [1.165, 1.54) is 43.5 Å². The second-order valence-electron chi connectivity index (χ2n) is 6.83. The summed E-state index contributed by atoms with van der Waals surface area (Å²) in [4.78, 5) is 52.1. The maximum absolute atomic E-state index is 13.1. The van der Waals surface area contributed by atoms with E-state index in [2.05, 4.69) is 10.2 Å². The summed E-state index contributed by atoms with van der Waals surface area (Å²) in [7, 11) is 1.38. The van der Waals surface area contributed by atoms with E-state index in [0.29, 0.717) is 4.90 Å². The van der Waals surface area contributed by atoms with Gasteiger partial charge in [0.05, 0.1) is 18.2 Å². The number of benzene rings is 2. The third kappa shape index (κ3) is 4.40. The first-order valence-corrected chi connectivity index (χ1v) is 9.77. The van der Waals surface area contributed by atoms with Gasteiger partial charge in [-0.3, -0.25) is 9.59 Å². The summed E-state index contributed by atoms with van der Waals surface area (Å²) in [6, 6.07) is 18.6. The van der Waals surface area contributed by atoms with Crippen LogP contribution in [0.1, 0.15) is 20.7 Å². The fourth-order valence-electron chi connectivity index (χ4n) is 3.13. The molecule has 0 saturated carbocycles. The van der Waals surface area contributed by atoms with Gasteiger partial charge in [0.15, 0.2) is 5.82 Å². The highest BCUT2D eigenvalue weighted by atomic mass is 16.6. The van der Waals surface area contributed by atoms with Crippen molar-refractivity contribution in [1.29, 1.82) is 0 Å². The van der Waals surface area contributed by atoms with Crippen LogP contribution in [-0.2, 0) is 19.1 Å². The second kappa shape index (κ2) is 9.27. The minimum absolute atomic E-state index is 0.134. The van der Waals surface area contributed by atoms with Gasteiger partial charge < -0.3 is 14.2 Å². The predicted octanol–water partition coefficient (Wildman–Crippen LogP) is 1.81. The molecule has 166 valence electrons. The number of ether oxygens (including phenoxy) is 3. The number of carbonyl (C=O) groups is 4. The third-order valence-corrected chi connectivity index (χ3v) is 4.75. The number of anilines is 1. The average Bonchev–Trinajstić information content (AvgIpc) is 3.09. The number of hydrogen-bond acceptors (Lipinski definition) is 9. The molecule has 1 aliphatic heterocycles. The standard InChI is InChI=1S/C23H17N3O7/c1-31-17-13-12-16(24-25-17)26-20(27)18(32-22(29)14-8-4-2-5-9-14)19(21(26)28)33-23(30)15-10-6-3-7-11-15/h2-13,18-19H,1H3/t18-,19+. The Labute approximate surface area is 187 Å². The van der Waals surface area contributed by atoms with Gasteiger partial charge in [0.2, 0.25) is 18.1 Å². The van der Waals surface area contributed by atoms with E-state index in [1.807, 2.05) is 0 Å². The summed E-state index contributed by atoms with van der Waals surface area (Å²) in [5, 5.41) is 7.55. The molecule has 33 heavy (non-hydrogen) atoms. The topological polar surface area (TPSA) is 125 Å². The van der Waals surface area contributed by atoms with Gasteiger partial charge in [-0.15, -0.1) is 10.2 Å². The van der Waals surface area contributed by atoms with Crippen LogP contribution in [0.15, 0.2) is 72.8 Å². The Balaban J connectivity index is 1.65. The molecule has 10 heteroatoms. The lowest BCUT2D eigenvalue weighted by Crippen LogP contribution is -2.37. The molecule has 2 amide bonds. The lowest BCUT2D eigenvalue weighted by Gasteiger charge is -2.16. The van der Waals surface area contributed by atoms with Gasteiger partial charge in [-0.05, 0) is 30.3 Å². The van der Waals surface area contributed by atoms with Crippen molar-refractivity contribution in [2.24, 2.45) is 0 Å². The quantitative estimate of drug-likeness (QED) is 0.411. The van der Waals surface area contributed by atoms with E-state index in [1.54, 1.807) is 36.4 Å². The molecule has 2 atom stereocenters. The molecule has 2 heterocycles. The van der Waals surface area contributed by atoms with Crippen molar-refractivity contribution in [3.05, 3.63) is 83.9 Å². The Bertz CT molecular complexity index is 1110. The minimum atomic E-state index is -1.71. The number of carbonyl (C=O) groups excluding carboxylic acids is 4. The van der Waals surface area contributed by atoms with Gasteiger partial charge >= 0.3 is 11.9 Å². The molecule has 2 aromatic carbocycles. The van der Waals surface area contributed by atoms with Gasteiger partial charge in [-0.1, -0.05) is 36.4 Å². The molecule has 1 aromatic heterocycles. The molecule has 3 aromatic rings. The van der Waals surface area contributed by atoms with Crippen LogP contribution in [0.4, 0.5) is 5.82 Å². The summed E-state index contributed by atoms with van der Waals surface area (Å²) >= 11 is 0. The van der Waals surface area contributed by atoms with Crippen molar-refractivity contribution in [2.45, 2.75) is 12.2 Å². The number of hydrogen-bond donors (Lipinski definition) is 0. The largest absolute Gasteiger partial charge is 0.480 e. The molecule has 1 fully saturated rings. The number of methoxy groups -OCH3 is 1. The van der Waals surface area contributed by atoms with Crippen molar-refractivity contribution >= 4 is 29.6 Å². The number of rotatable bonds is 6. The van der Waals surface area contributed by atoms with E-state index < -0.39 is 36.0 Å². The highest BCUT2D eigenvalue weighted by molar-refractivity contribution is 6.24. The van der Waals surface area contributed by atoms with Crippen LogP contribution in [-0.4, -0.2) is 53.3 Å². The van der Waals surface area contributed by atoms with Crippen LogP contribution in [0.3, 0.4) is 0 Å². The smallest absolute Gasteiger partial charge is 0.339 e. The Morgan fingerprint density at radius 1 is 0.727 bits per heavy atom. The molecule has 0 aliphatic carbocycles. The number of nitrogens with zero attached hydrogens (tertiary/aromatic N) is 3. The van der Waals surface area contributed by atoms with Crippen LogP contribution in [0.5, 0.6) is 5.88 Å². The van der Waals surface area contributed by atoms with Crippen molar-refractivity contribution in [3.63, 3.8) is 0 Å². The zero-order valence-electron chi connectivity index (χ0n) is 17.3. The van der Waals surface area contributed by atoms with Crippen LogP contribution in [0.2, 0.25) is 0 Å². The van der Waals surface area contributed by atoms with Crippen LogP contribution >= 0.6 is 0 Å². The molecule has 0 N–H and O–H groups in total. The number of aromatic nitrogens is 2. The molecule has 4 rings (SSSR count). The Morgan fingerprint density at radius 2 is 1.21 bits per heavy atom. The van der Waals surface area contributed by atoms with Crippen molar-refractivity contribution < 1.29 is 33.4 Å². The van der Waals surface area contributed by atoms with E-state index >= 15 is 0 Å². The van der Waals surface area contributed by atoms with Crippen molar-refractivity contribution in [2.75, 3.05) is 12.0 Å². The van der Waals surface area contributed by atoms with Crippen LogP contribution in [0, 0.1) is 0 Å².